The molecule has 0 N–H and O–H groups in total. The van der Waals surface area contributed by atoms with Crippen molar-refractivity contribution in [3.8, 4) is 33.4 Å². The molecule has 0 radical (unpaired) electrons. The van der Waals surface area contributed by atoms with Gasteiger partial charge in [-0.15, -0.1) is 11.3 Å². The van der Waals surface area contributed by atoms with Gasteiger partial charge in [-0.3, -0.25) is 0 Å². The highest BCUT2D eigenvalue weighted by atomic mass is 32.1. The molecule has 0 amide bonds. The van der Waals surface area contributed by atoms with E-state index < -0.39 is 0 Å². The largest absolute Gasteiger partial charge is 0.135 e. The Kier molecular flexibility index (Phi) is 5.47. The van der Waals surface area contributed by atoms with Gasteiger partial charge in [0.1, 0.15) is 0 Å². The molecule has 0 aliphatic rings. The molecular weight excluding hydrogens is 537 g/mol. The minimum Gasteiger partial charge on any atom is -0.135 e. The lowest BCUT2D eigenvalue weighted by Crippen LogP contribution is -1.86. The molecule has 200 valence electrons. The van der Waals surface area contributed by atoms with Crippen LogP contribution in [-0.4, -0.2) is 0 Å². The summed E-state index contributed by atoms with van der Waals surface area (Å²) in [5, 5.41) is 10.5. The summed E-state index contributed by atoms with van der Waals surface area (Å²) in [4.78, 5) is 0. The Morgan fingerprint density at radius 3 is 1.21 bits per heavy atom. The van der Waals surface area contributed by atoms with E-state index in [-0.39, 0.29) is 0 Å². The van der Waals surface area contributed by atoms with E-state index in [2.05, 4.69) is 158 Å². The molecular formula is C42H26S. The number of thiophene rings is 1. The maximum atomic E-state index is 2.37. The first-order valence-electron chi connectivity index (χ1n) is 14.8. The second-order valence-corrected chi connectivity index (χ2v) is 12.4. The van der Waals surface area contributed by atoms with E-state index >= 15 is 0 Å². The fourth-order valence-corrected chi connectivity index (χ4v) is 7.89. The molecule has 9 aromatic rings. The number of benzene rings is 8. The Morgan fingerprint density at radius 2 is 0.628 bits per heavy atom. The fourth-order valence-electron chi connectivity index (χ4n) is 6.75. The van der Waals surface area contributed by atoms with Crippen LogP contribution in [0.2, 0.25) is 0 Å². The summed E-state index contributed by atoms with van der Waals surface area (Å²) in [6, 6.07) is 58.0. The van der Waals surface area contributed by atoms with Crippen LogP contribution in [0.15, 0.2) is 158 Å². The summed E-state index contributed by atoms with van der Waals surface area (Å²) < 4.78 is 2.68. The zero-order chi connectivity index (χ0) is 28.3. The Labute approximate surface area is 254 Å². The van der Waals surface area contributed by atoms with Crippen LogP contribution in [0.3, 0.4) is 0 Å². The number of hydrogen-bond donors (Lipinski definition) is 0. The smallest absolute Gasteiger partial charge is 0.0361 e. The molecule has 1 aromatic heterocycles. The van der Waals surface area contributed by atoms with E-state index in [1.54, 1.807) is 0 Å². The summed E-state index contributed by atoms with van der Waals surface area (Å²) >= 11 is 1.87. The van der Waals surface area contributed by atoms with Gasteiger partial charge in [-0.1, -0.05) is 127 Å². The standard InChI is InChI=1S/C42H26S/c1-2-15-35-33(13-1)34-14-3-4-16-36(34)40-25-31(19-21-37(35)40)29-11-7-9-27(23-29)28-10-8-12-30(24-28)32-20-22-39-38-17-5-6-18-41(38)43-42(39)26-32/h1-26H. The molecule has 0 atom stereocenters. The molecule has 0 unspecified atom stereocenters. The van der Waals surface area contributed by atoms with Crippen molar-refractivity contribution in [3.05, 3.63) is 158 Å². The molecule has 0 saturated heterocycles. The topological polar surface area (TPSA) is 0 Å². The van der Waals surface area contributed by atoms with Crippen molar-refractivity contribution in [2.75, 3.05) is 0 Å². The van der Waals surface area contributed by atoms with Gasteiger partial charge < -0.3 is 0 Å². The van der Waals surface area contributed by atoms with E-state index in [0.717, 1.165) is 0 Å². The van der Waals surface area contributed by atoms with E-state index in [9.17, 15) is 0 Å². The number of fused-ring (bicyclic) bond motifs is 9. The van der Waals surface area contributed by atoms with Crippen LogP contribution < -0.4 is 0 Å². The predicted octanol–water partition coefficient (Wildman–Crippen LogP) is 12.5. The van der Waals surface area contributed by atoms with Gasteiger partial charge in [-0.25, -0.2) is 0 Å². The summed E-state index contributed by atoms with van der Waals surface area (Å²) in [7, 11) is 0. The van der Waals surface area contributed by atoms with Crippen LogP contribution in [0.5, 0.6) is 0 Å². The molecule has 1 heterocycles. The lowest BCUT2D eigenvalue weighted by Gasteiger charge is -2.13. The highest BCUT2D eigenvalue weighted by Crippen LogP contribution is 2.39. The second-order valence-electron chi connectivity index (χ2n) is 11.3. The Bertz CT molecular complexity index is 2480. The second kappa shape index (κ2) is 9.66. The maximum Gasteiger partial charge on any atom is 0.0361 e. The van der Waals surface area contributed by atoms with Gasteiger partial charge in [-0.05, 0) is 96.0 Å². The van der Waals surface area contributed by atoms with Crippen molar-refractivity contribution in [3.63, 3.8) is 0 Å². The zero-order valence-corrected chi connectivity index (χ0v) is 24.2. The number of hydrogen-bond acceptors (Lipinski definition) is 1. The molecule has 0 nitrogen and oxygen atoms in total. The molecule has 0 aliphatic carbocycles. The van der Waals surface area contributed by atoms with Crippen molar-refractivity contribution < 1.29 is 0 Å². The highest BCUT2D eigenvalue weighted by molar-refractivity contribution is 7.25. The lowest BCUT2D eigenvalue weighted by molar-refractivity contribution is 1.59. The minimum absolute atomic E-state index is 1.23. The summed E-state index contributed by atoms with van der Waals surface area (Å²) in [6.07, 6.45) is 0. The van der Waals surface area contributed by atoms with E-state index in [4.69, 9.17) is 0 Å². The summed E-state index contributed by atoms with van der Waals surface area (Å²) in [5.41, 5.74) is 7.42. The van der Waals surface area contributed by atoms with Crippen LogP contribution in [0.4, 0.5) is 0 Å². The Balaban J connectivity index is 1.13. The van der Waals surface area contributed by atoms with Crippen molar-refractivity contribution in [2.45, 2.75) is 0 Å². The lowest BCUT2D eigenvalue weighted by atomic mass is 9.91. The van der Waals surface area contributed by atoms with E-state index in [0.29, 0.717) is 0 Å². The predicted molar refractivity (Wildman–Crippen MR) is 188 cm³/mol. The normalized spacial score (nSPS) is 11.7. The fraction of sp³-hybridized carbons (Fsp3) is 0. The number of rotatable bonds is 3. The maximum absolute atomic E-state index is 2.37. The van der Waals surface area contributed by atoms with Crippen molar-refractivity contribution in [2.24, 2.45) is 0 Å². The monoisotopic (exact) mass is 562 g/mol. The van der Waals surface area contributed by atoms with Gasteiger partial charge in [0, 0.05) is 20.2 Å². The molecule has 0 fully saturated rings. The molecule has 8 aromatic carbocycles. The van der Waals surface area contributed by atoms with E-state index in [1.165, 1.54) is 85.9 Å². The molecule has 0 aliphatic heterocycles. The summed E-state index contributed by atoms with van der Waals surface area (Å²) in [6.45, 7) is 0. The SMILES string of the molecule is c1cc(-c2cccc(-c3ccc4c5ccccc5c5ccccc5c4c3)c2)cc(-c2ccc3c(c2)sc2ccccc23)c1. The molecule has 43 heavy (non-hydrogen) atoms. The molecule has 9 rings (SSSR count). The van der Waals surface area contributed by atoms with Crippen LogP contribution in [0, 0.1) is 0 Å². The Morgan fingerprint density at radius 1 is 0.233 bits per heavy atom. The third kappa shape index (κ3) is 3.97. The van der Waals surface area contributed by atoms with Gasteiger partial charge in [0.25, 0.3) is 0 Å². The van der Waals surface area contributed by atoms with Gasteiger partial charge in [0.2, 0.25) is 0 Å². The van der Waals surface area contributed by atoms with E-state index in [1.807, 2.05) is 11.3 Å². The minimum atomic E-state index is 1.23. The summed E-state index contributed by atoms with van der Waals surface area (Å²) in [5.74, 6) is 0. The third-order valence-corrected chi connectivity index (χ3v) is 9.98. The average Bonchev–Trinajstić information content (AvgIpc) is 3.46. The van der Waals surface area contributed by atoms with Crippen molar-refractivity contribution >= 4 is 63.8 Å². The van der Waals surface area contributed by atoms with Crippen LogP contribution in [0.25, 0.3) is 85.9 Å². The zero-order valence-electron chi connectivity index (χ0n) is 23.4. The molecule has 0 bridgehead atoms. The van der Waals surface area contributed by atoms with Gasteiger partial charge >= 0.3 is 0 Å². The highest BCUT2D eigenvalue weighted by Gasteiger charge is 2.11. The van der Waals surface area contributed by atoms with Gasteiger partial charge in [0.15, 0.2) is 0 Å². The van der Waals surface area contributed by atoms with Gasteiger partial charge in [0.05, 0.1) is 0 Å². The molecule has 0 spiro atoms. The van der Waals surface area contributed by atoms with Crippen LogP contribution in [0.1, 0.15) is 0 Å². The van der Waals surface area contributed by atoms with Crippen LogP contribution >= 0.6 is 11.3 Å². The average molecular weight is 563 g/mol. The Hall–Kier alpha value is -5.24. The van der Waals surface area contributed by atoms with Crippen LogP contribution in [-0.2, 0) is 0 Å². The first-order valence-corrected chi connectivity index (χ1v) is 15.6. The molecule has 0 saturated carbocycles. The van der Waals surface area contributed by atoms with Crippen molar-refractivity contribution in [1.82, 2.24) is 0 Å². The quantitative estimate of drug-likeness (QED) is 0.188. The van der Waals surface area contributed by atoms with Crippen molar-refractivity contribution in [1.29, 1.82) is 0 Å². The third-order valence-electron chi connectivity index (χ3n) is 8.85. The molecule has 1 heteroatoms. The first-order chi connectivity index (χ1) is 21.3. The first kappa shape index (κ1) is 24.4. The van der Waals surface area contributed by atoms with Gasteiger partial charge in [-0.2, -0.15) is 0 Å².